The van der Waals surface area contributed by atoms with Gasteiger partial charge in [-0.3, -0.25) is 4.79 Å². The Bertz CT molecular complexity index is 636. The number of amides is 1. The fourth-order valence-electron chi connectivity index (χ4n) is 2.06. The summed E-state index contributed by atoms with van der Waals surface area (Å²) in [5.41, 5.74) is 1.07. The number of nitriles is 1. The maximum Gasteiger partial charge on any atom is 0.263 e. The molecular formula is C18H26N4O3. The van der Waals surface area contributed by atoms with Gasteiger partial charge in [-0.15, -0.1) is 0 Å². The van der Waals surface area contributed by atoms with E-state index in [1.54, 1.807) is 14.2 Å². The van der Waals surface area contributed by atoms with Crippen LogP contribution in [0.4, 0.5) is 0 Å². The molecule has 0 aliphatic rings. The smallest absolute Gasteiger partial charge is 0.263 e. The fraction of sp³-hybridized carbons (Fsp3) is 0.444. The second-order valence-electron chi connectivity index (χ2n) is 5.62. The fourth-order valence-corrected chi connectivity index (χ4v) is 2.06. The first kappa shape index (κ1) is 20.3. The summed E-state index contributed by atoms with van der Waals surface area (Å²) in [4.78, 5) is 14.0. The zero-order valence-corrected chi connectivity index (χ0v) is 15.3. The molecule has 25 heavy (non-hydrogen) atoms. The van der Waals surface area contributed by atoms with E-state index in [9.17, 15) is 4.79 Å². The highest BCUT2D eigenvalue weighted by molar-refractivity contribution is 5.97. The SMILES string of the molecule is COc1ccc(CCNC(=O)/C(C#N)=C\NCCN(C)C)cc1OC. The first-order valence-corrected chi connectivity index (χ1v) is 7.99. The lowest BCUT2D eigenvalue weighted by Gasteiger charge is -2.10. The molecule has 0 fully saturated rings. The van der Waals surface area contributed by atoms with Crippen molar-refractivity contribution in [2.75, 3.05) is 47.9 Å². The largest absolute Gasteiger partial charge is 0.493 e. The Morgan fingerprint density at radius 3 is 2.56 bits per heavy atom. The van der Waals surface area contributed by atoms with Crippen molar-refractivity contribution in [3.8, 4) is 17.6 Å². The number of rotatable bonds is 10. The summed E-state index contributed by atoms with van der Waals surface area (Å²) in [7, 11) is 7.08. The molecule has 0 unspecified atom stereocenters. The van der Waals surface area contributed by atoms with Gasteiger partial charge >= 0.3 is 0 Å². The van der Waals surface area contributed by atoms with Crippen LogP contribution < -0.4 is 20.1 Å². The Balaban J connectivity index is 2.50. The van der Waals surface area contributed by atoms with Crippen LogP contribution in [0.3, 0.4) is 0 Å². The highest BCUT2D eigenvalue weighted by Crippen LogP contribution is 2.27. The number of hydrogen-bond donors (Lipinski definition) is 2. The molecule has 1 aromatic rings. The van der Waals surface area contributed by atoms with Gasteiger partial charge < -0.3 is 25.0 Å². The van der Waals surface area contributed by atoms with Crippen LogP contribution in [-0.4, -0.2) is 58.8 Å². The number of methoxy groups -OCH3 is 2. The number of carbonyl (C=O) groups is 1. The minimum atomic E-state index is -0.389. The highest BCUT2D eigenvalue weighted by Gasteiger charge is 2.09. The van der Waals surface area contributed by atoms with Crippen molar-refractivity contribution in [3.63, 3.8) is 0 Å². The lowest BCUT2D eigenvalue weighted by Crippen LogP contribution is -2.29. The van der Waals surface area contributed by atoms with Crippen LogP contribution in [-0.2, 0) is 11.2 Å². The van der Waals surface area contributed by atoms with Crippen molar-refractivity contribution >= 4 is 5.91 Å². The summed E-state index contributed by atoms with van der Waals surface area (Å²) in [5.74, 6) is 0.920. The van der Waals surface area contributed by atoms with Crippen LogP contribution in [0.25, 0.3) is 0 Å². The van der Waals surface area contributed by atoms with E-state index in [1.807, 2.05) is 43.3 Å². The standard InChI is InChI=1S/C18H26N4O3/c1-22(2)10-9-20-13-15(12-19)18(23)21-8-7-14-5-6-16(24-3)17(11-14)25-4/h5-6,11,13,20H,7-10H2,1-4H3,(H,21,23)/b15-13-. The summed E-state index contributed by atoms with van der Waals surface area (Å²) in [6, 6.07) is 7.52. The van der Waals surface area contributed by atoms with E-state index >= 15 is 0 Å². The molecule has 7 nitrogen and oxygen atoms in total. The third-order valence-electron chi connectivity index (χ3n) is 3.46. The first-order chi connectivity index (χ1) is 12.0. The molecule has 0 radical (unpaired) electrons. The zero-order chi connectivity index (χ0) is 18.7. The number of carbonyl (C=O) groups excluding carboxylic acids is 1. The van der Waals surface area contributed by atoms with Crippen LogP contribution in [0.1, 0.15) is 5.56 Å². The molecule has 1 rings (SSSR count). The molecule has 0 saturated carbocycles. The summed E-state index contributed by atoms with van der Waals surface area (Å²) in [6.07, 6.45) is 2.08. The third kappa shape index (κ3) is 7.14. The number of likely N-dealkylation sites (N-methyl/N-ethyl adjacent to an activating group) is 1. The van der Waals surface area contributed by atoms with E-state index in [4.69, 9.17) is 14.7 Å². The summed E-state index contributed by atoms with van der Waals surface area (Å²) in [6.45, 7) is 1.90. The molecule has 0 bridgehead atoms. The van der Waals surface area contributed by atoms with Crippen LogP contribution in [0, 0.1) is 11.3 Å². The van der Waals surface area contributed by atoms with Gasteiger partial charge in [-0.2, -0.15) is 5.26 Å². The van der Waals surface area contributed by atoms with E-state index in [2.05, 4.69) is 10.6 Å². The first-order valence-electron chi connectivity index (χ1n) is 7.99. The van der Waals surface area contributed by atoms with Gasteiger partial charge in [-0.05, 0) is 38.2 Å². The van der Waals surface area contributed by atoms with Crippen LogP contribution in [0.2, 0.25) is 0 Å². The van der Waals surface area contributed by atoms with Gasteiger partial charge in [0.1, 0.15) is 11.6 Å². The number of nitrogens with zero attached hydrogens (tertiary/aromatic N) is 2. The lowest BCUT2D eigenvalue weighted by molar-refractivity contribution is -0.117. The third-order valence-corrected chi connectivity index (χ3v) is 3.46. The second kappa shape index (κ2) is 10.9. The quantitative estimate of drug-likeness (QED) is 0.372. The maximum absolute atomic E-state index is 12.0. The molecule has 136 valence electrons. The molecule has 0 atom stereocenters. The monoisotopic (exact) mass is 346 g/mol. The zero-order valence-electron chi connectivity index (χ0n) is 15.3. The van der Waals surface area contributed by atoms with E-state index in [1.165, 1.54) is 6.20 Å². The molecule has 1 amide bonds. The maximum atomic E-state index is 12.0. The Morgan fingerprint density at radius 2 is 1.96 bits per heavy atom. The van der Waals surface area contributed by atoms with Crippen molar-refractivity contribution in [2.45, 2.75) is 6.42 Å². The molecule has 0 spiro atoms. The lowest BCUT2D eigenvalue weighted by atomic mass is 10.1. The van der Waals surface area contributed by atoms with Crippen molar-refractivity contribution in [2.24, 2.45) is 0 Å². The van der Waals surface area contributed by atoms with E-state index in [-0.39, 0.29) is 11.5 Å². The van der Waals surface area contributed by atoms with Crippen molar-refractivity contribution in [3.05, 3.63) is 35.5 Å². The molecule has 0 aromatic heterocycles. The predicted octanol–water partition coefficient (Wildman–Crippen LogP) is 0.921. The molecule has 7 heteroatoms. The second-order valence-corrected chi connectivity index (χ2v) is 5.62. The minimum absolute atomic E-state index is 0.0612. The number of benzene rings is 1. The van der Waals surface area contributed by atoms with Gasteiger partial charge in [0, 0.05) is 25.8 Å². The van der Waals surface area contributed by atoms with Gasteiger partial charge in [0.25, 0.3) is 5.91 Å². The number of nitrogens with one attached hydrogen (secondary N) is 2. The molecule has 1 aromatic carbocycles. The van der Waals surface area contributed by atoms with Crippen LogP contribution in [0.5, 0.6) is 11.5 Å². The van der Waals surface area contributed by atoms with E-state index in [0.29, 0.717) is 31.0 Å². The van der Waals surface area contributed by atoms with E-state index in [0.717, 1.165) is 12.1 Å². The molecule has 2 N–H and O–H groups in total. The van der Waals surface area contributed by atoms with Crippen LogP contribution >= 0.6 is 0 Å². The molecule has 0 heterocycles. The highest BCUT2D eigenvalue weighted by atomic mass is 16.5. The Hall–Kier alpha value is -2.72. The van der Waals surface area contributed by atoms with Gasteiger partial charge in [0.2, 0.25) is 0 Å². The molecule has 0 saturated heterocycles. The summed E-state index contributed by atoms with van der Waals surface area (Å²) >= 11 is 0. The Kier molecular flexibility index (Phi) is 8.90. The van der Waals surface area contributed by atoms with Crippen LogP contribution in [0.15, 0.2) is 30.0 Å². The van der Waals surface area contributed by atoms with Gasteiger partial charge in [0.15, 0.2) is 11.5 Å². The Labute approximate surface area is 149 Å². The molecule has 0 aliphatic heterocycles. The molecule has 0 aliphatic carbocycles. The normalized spacial score (nSPS) is 11.0. The minimum Gasteiger partial charge on any atom is -0.493 e. The van der Waals surface area contributed by atoms with Crippen molar-refractivity contribution in [1.82, 2.24) is 15.5 Å². The summed E-state index contributed by atoms with van der Waals surface area (Å²) in [5, 5.41) is 14.8. The average molecular weight is 346 g/mol. The van der Waals surface area contributed by atoms with Gasteiger partial charge in [0.05, 0.1) is 14.2 Å². The Morgan fingerprint density at radius 1 is 1.24 bits per heavy atom. The van der Waals surface area contributed by atoms with E-state index < -0.39 is 0 Å². The van der Waals surface area contributed by atoms with Gasteiger partial charge in [-0.1, -0.05) is 6.07 Å². The van der Waals surface area contributed by atoms with Gasteiger partial charge in [-0.25, -0.2) is 0 Å². The summed E-state index contributed by atoms with van der Waals surface area (Å²) < 4.78 is 10.4. The number of ether oxygens (including phenoxy) is 2. The van der Waals surface area contributed by atoms with Crippen molar-refractivity contribution in [1.29, 1.82) is 5.26 Å². The molecular weight excluding hydrogens is 320 g/mol. The average Bonchev–Trinajstić information content (AvgIpc) is 2.61. The number of hydrogen-bond acceptors (Lipinski definition) is 6. The predicted molar refractivity (Wildman–Crippen MR) is 96.5 cm³/mol. The van der Waals surface area contributed by atoms with Crippen molar-refractivity contribution < 1.29 is 14.3 Å². The topological polar surface area (TPSA) is 86.6 Å².